The zero-order chi connectivity index (χ0) is 15.3. The van der Waals surface area contributed by atoms with Gasteiger partial charge in [-0.15, -0.1) is 0 Å². The van der Waals surface area contributed by atoms with Gasteiger partial charge in [-0.25, -0.2) is 4.39 Å². The number of halogens is 1. The molecule has 0 aliphatic rings. The van der Waals surface area contributed by atoms with Crippen molar-refractivity contribution in [1.29, 1.82) is 0 Å². The Balaban J connectivity index is 2.82. The summed E-state index contributed by atoms with van der Waals surface area (Å²) in [5.41, 5.74) is 0.547. The van der Waals surface area contributed by atoms with Crippen LogP contribution in [0.25, 0.3) is 0 Å². The quantitative estimate of drug-likeness (QED) is 0.872. The van der Waals surface area contributed by atoms with Crippen LogP contribution in [0.3, 0.4) is 0 Å². The van der Waals surface area contributed by atoms with E-state index in [1.807, 2.05) is 27.7 Å². The average molecular weight is 284 g/mol. The van der Waals surface area contributed by atoms with Crippen LogP contribution in [-0.2, 0) is 11.2 Å². The van der Waals surface area contributed by atoms with Gasteiger partial charge in [-0.2, -0.15) is 0 Å². The molecular weight excluding hydrogens is 259 g/mol. The van der Waals surface area contributed by atoms with Crippen molar-refractivity contribution < 1.29 is 19.0 Å². The van der Waals surface area contributed by atoms with Gasteiger partial charge in [-0.1, -0.05) is 26.8 Å². The molecule has 1 rings (SSSR count). The van der Waals surface area contributed by atoms with Crippen molar-refractivity contribution in [1.82, 2.24) is 0 Å². The van der Waals surface area contributed by atoms with E-state index in [1.54, 1.807) is 12.1 Å². The molecule has 4 heteroatoms. The molecule has 0 saturated heterocycles. The zero-order valence-corrected chi connectivity index (χ0v) is 12.9. The maximum Gasteiger partial charge on any atom is 0.165 e. The minimum absolute atomic E-state index is 0.180. The van der Waals surface area contributed by atoms with Crippen molar-refractivity contribution in [2.75, 3.05) is 13.7 Å². The van der Waals surface area contributed by atoms with Crippen LogP contribution in [0.1, 0.15) is 33.3 Å². The first-order valence-corrected chi connectivity index (χ1v) is 6.91. The topological polar surface area (TPSA) is 38.7 Å². The van der Waals surface area contributed by atoms with Crippen molar-refractivity contribution in [2.45, 2.75) is 46.3 Å². The summed E-state index contributed by atoms with van der Waals surface area (Å²) in [6, 6.07) is 4.73. The van der Waals surface area contributed by atoms with Crippen molar-refractivity contribution in [3.8, 4) is 5.75 Å². The van der Waals surface area contributed by atoms with Crippen LogP contribution < -0.4 is 4.74 Å². The number of benzene rings is 1. The Hall–Kier alpha value is -1.13. The summed E-state index contributed by atoms with van der Waals surface area (Å²) >= 11 is 0. The van der Waals surface area contributed by atoms with E-state index in [9.17, 15) is 9.50 Å². The molecule has 0 spiro atoms. The van der Waals surface area contributed by atoms with E-state index in [0.29, 0.717) is 13.0 Å². The Labute approximate surface area is 120 Å². The minimum atomic E-state index is -0.678. The number of ether oxygens (including phenoxy) is 2. The van der Waals surface area contributed by atoms with Crippen LogP contribution in [-0.4, -0.2) is 31.0 Å². The summed E-state index contributed by atoms with van der Waals surface area (Å²) in [7, 11) is 1.43. The molecule has 1 aromatic rings. The van der Waals surface area contributed by atoms with Crippen LogP contribution in [0, 0.1) is 11.2 Å². The fraction of sp³-hybridized carbons (Fsp3) is 0.625. The lowest BCUT2D eigenvalue weighted by Gasteiger charge is -2.34. The first-order valence-electron chi connectivity index (χ1n) is 6.91. The van der Waals surface area contributed by atoms with Crippen molar-refractivity contribution in [3.05, 3.63) is 29.6 Å². The molecule has 114 valence electrons. The molecule has 0 bridgehead atoms. The average Bonchev–Trinajstić information content (AvgIpc) is 2.34. The maximum atomic E-state index is 13.6. The molecule has 0 saturated carbocycles. The lowest BCUT2D eigenvalue weighted by molar-refractivity contribution is -0.0873. The van der Waals surface area contributed by atoms with Crippen LogP contribution in [0.4, 0.5) is 4.39 Å². The highest BCUT2D eigenvalue weighted by molar-refractivity contribution is 5.29. The van der Waals surface area contributed by atoms with E-state index in [0.717, 1.165) is 5.56 Å². The molecule has 0 radical (unpaired) electrons. The molecule has 0 aromatic heterocycles. The smallest absolute Gasteiger partial charge is 0.165 e. The summed E-state index contributed by atoms with van der Waals surface area (Å²) in [5.74, 6) is -0.207. The van der Waals surface area contributed by atoms with Crippen LogP contribution in [0.2, 0.25) is 0 Å². The number of methoxy groups -OCH3 is 1. The molecule has 0 fully saturated rings. The molecule has 0 heterocycles. The molecule has 1 N–H and O–H groups in total. The second-order valence-electron chi connectivity index (χ2n) is 5.98. The Bertz CT molecular complexity index is 426. The number of aliphatic hydroxyl groups is 1. The predicted molar refractivity (Wildman–Crippen MR) is 77.5 cm³/mol. The molecule has 0 aliphatic heterocycles. The van der Waals surface area contributed by atoms with Gasteiger partial charge in [0.2, 0.25) is 0 Å². The highest BCUT2D eigenvalue weighted by Crippen LogP contribution is 2.27. The number of aliphatic hydroxyl groups excluding tert-OH is 1. The van der Waals surface area contributed by atoms with Gasteiger partial charge < -0.3 is 14.6 Å². The fourth-order valence-electron chi connectivity index (χ4n) is 2.30. The summed E-state index contributed by atoms with van der Waals surface area (Å²) in [6.07, 6.45) is -0.622. The van der Waals surface area contributed by atoms with E-state index < -0.39 is 11.9 Å². The molecule has 0 amide bonds. The second-order valence-corrected chi connectivity index (χ2v) is 5.98. The van der Waals surface area contributed by atoms with E-state index in [-0.39, 0.29) is 17.3 Å². The predicted octanol–water partition coefficient (Wildman–Crippen LogP) is 3.19. The molecule has 2 atom stereocenters. The van der Waals surface area contributed by atoms with Crippen LogP contribution in [0.5, 0.6) is 5.75 Å². The lowest BCUT2D eigenvalue weighted by Crippen LogP contribution is -2.41. The SMILES string of the molecule is CCOC(C(O)Cc1ccc(OC)c(F)c1)C(C)(C)C. The van der Waals surface area contributed by atoms with Crippen LogP contribution in [0.15, 0.2) is 18.2 Å². The van der Waals surface area contributed by atoms with Crippen molar-refractivity contribution in [2.24, 2.45) is 5.41 Å². The van der Waals surface area contributed by atoms with Crippen molar-refractivity contribution in [3.63, 3.8) is 0 Å². The van der Waals surface area contributed by atoms with Gasteiger partial charge in [0, 0.05) is 13.0 Å². The molecule has 0 aliphatic carbocycles. The second kappa shape index (κ2) is 7.04. The zero-order valence-electron chi connectivity index (χ0n) is 12.9. The third-order valence-electron chi connectivity index (χ3n) is 3.21. The van der Waals surface area contributed by atoms with E-state index >= 15 is 0 Å². The standard InChI is InChI=1S/C16H25FO3/c1-6-20-15(16(2,3)4)13(18)10-11-7-8-14(19-5)12(17)9-11/h7-9,13,15,18H,6,10H2,1-5H3. The molecular formula is C16H25FO3. The Morgan fingerprint density at radius 3 is 2.40 bits per heavy atom. The fourth-order valence-corrected chi connectivity index (χ4v) is 2.30. The molecule has 3 nitrogen and oxygen atoms in total. The summed E-state index contributed by atoms with van der Waals surface area (Å²) in [5, 5.41) is 10.4. The highest BCUT2D eigenvalue weighted by atomic mass is 19.1. The van der Waals surface area contributed by atoms with Gasteiger partial charge >= 0.3 is 0 Å². The molecule has 2 unspecified atom stereocenters. The normalized spacial score (nSPS) is 14.9. The van der Waals surface area contributed by atoms with Gasteiger partial charge in [0.15, 0.2) is 11.6 Å². The number of hydrogen-bond donors (Lipinski definition) is 1. The largest absolute Gasteiger partial charge is 0.494 e. The van der Waals surface area contributed by atoms with Gasteiger partial charge in [-0.05, 0) is 30.0 Å². The van der Waals surface area contributed by atoms with Crippen molar-refractivity contribution >= 4 is 0 Å². The summed E-state index contributed by atoms with van der Waals surface area (Å²) in [6.45, 7) is 8.50. The first-order chi connectivity index (χ1) is 9.29. The first kappa shape index (κ1) is 16.9. The Morgan fingerprint density at radius 1 is 1.30 bits per heavy atom. The van der Waals surface area contributed by atoms with Gasteiger partial charge in [0.1, 0.15) is 0 Å². The highest BCUT2D eigenvalue weighted by Gasteiger charge is 2.31. The number of rotatable bonds is 6. The van der Waals surface area contributed by atoms with E-state index in [1.165, 1.54) is 13.2 Å². The lowest BCUT2D eigenvalue weighted by atomic mass is 9.83. The third kappa shape index (κ3) is 4.46. The van der Waals surface area contributed by atoms with E-state index in [4.69, 9.17) is 9.47 Å². The monoisotopic (exact) mass is 284 g/mol. The Kier molecular flexibility index (Phi) is 5.96. The number of hydrogen-bond acceptors (Lipinski definition) is 3. The Morgan fingerprint density at radius 2 is 1.95 bits per heavy atom. The maximum absolute atomic E-state index is 13.6. The minimum Gasteiger partial charge on any atom is -0.494 e. The van der Waals surface area contributed by atoms with Gasteiger partial charge in [-0.3, -0.25) is 0 Å². The molecule has 1 aromatic carbocycles. The molecule has 20 heavy (non-hydrogen) atoms. The third-order valence-corrected chi connectivity index (χ3v) is 3.21. The van der Waals surface area contributed by atoms with Crippen LogP contribution >= 0.6 is 0 Å². The van der Waals surface area contributed by atoms with E-state index in [2.05, 4.69) is 0 Å². The van der Waals surface area contributed by atoms with Gasteiger partial charge in [0.05, 0.1) is 19.3 Å². The van der Waals surface area contributed by atoms with Gasteiger partial charge in [0.25, 0.3) is 0 Å². The summed E-state index contributed by atoms with van der Waals surface area (Å²) in [4.78, 5) is 0. The summed E-state index contributed by atoms with van der Waals surface area (Å²) < 4.78 is 24.2.